The van der Waals surface area contributed by atoms with Gasteiger partial charge in [0, 0.05) is 12.5 Å². The number of carbonyl (C=O) groups excluding carboxylic acids is 1. The number of benzene rings is 1. The fraction of sp³-hybridized carbons (Fsp3) is 0.500. The Morgan fingerprint density at radius 2 is 2.22 bits per heavy atom. The molecular formula is C14H18N2O2. The summed E-state index contributed by atoms with van der Waals surface area (Å²) in [5.41, 5.74) is 0.904. The van der Waals surface area contributed by atoms with Crippen LogP contribution in [0.4, 0.5) is 5.69 Å². The molecule has 0 aliphatic carbocycles. The van der Waals surface area contributed by atoms with Gasteiger partial charge in [-0.3, -0.25) is 4.79 Å². The molecular weight excluding hydrogens is 228 g/mol. The lowest BCUT2D eigenvalue weighted by Crippen LogP contribution is -2.47. The Bertz CT molecular complexity index is 461. The predicted molar refractivity (Wildman–Crippen MR) is 69.9 cm³/mol. The zero-order valence-electron chi connectivity index (χ0n) is 10.6. The average molecular weight is 246 g/mol. The van der Waals surface area contributed by atoms with Crippen LogP contribution < -0.4 is 15.0 Å². The second-order valence-corrected chi connectivity index (χ2v) is 4.91. The number of fused-ring (bicyclic) bond motifs is 1. The smallest absolute Gasteiger partial charge is 0.229 e. The molecule has 2 aliphatic heterocycles. The number of para-hydroxylation sites is 2. The normalized spacial score (nSPS) is 27.2. The Morgan fingerprint density at radius 3 is 3.06 bits per heavy atom. The zero-order valence-corrected chi connectivity index (χ0v) is 10.6. The van der Waals surface area contributed by atoms with Gasteiger partial charge in [0.2, 0.25) is 5.91 Å². The highest BCUT2D eigenvalue weighted by Crippen LogP contribution is 2.36. The monoisotopic (exact) mass is 246 g/mol. The molecule has 3 rings (SSSR count). The van der Waals surface area contributed by atoms with Gasteiger partial charge >= 0.3 is 0 Å². The first-order chi connectivity index (χ1) is 8.81. The van der Waals surface area contributed by atoms with Crippen LogP contribution in [0.2, 0.25) is 0 Å². The van der Waals surface area contributed by atoms with E-state index in [1.165, 1.54) is 0 Å². The molecule has 0 bridgehead atoms. The summed E-state index contributed by atoms with van der Waals surface area (Å²) in [5.74, 6) is 0.973. The van der Waals surface area contributed by atoms with Crippen molar-refractivity contribution >= 4 is 11.6 Å². The molecule has 2 atom stereocenters. The third-order valence-electron chi connectivity index (χ3n) is 3.89. The van der Waals surface area contributed by atoms with Crippen molar-refractivity contribution in [3.05, 3.63) is 24.3 Å². The molecule has 18 heavy (non-hydrogen) atoms. The molecule has 0 aromatic heterocycles. The third kappa shape index (κ3) is 1.77. The van der Waals surface area contributed by atoms with E-state index >= 15 is 0 Å². The molecule has 2 saturated heterocycles. The van der Waals surface area contributed by atoms with Gasteiger partial charge in [-0.2, -0.15) is 0 Å². The van der Waals surface area contributed by atoms with E-state index in [0.29, 0.717) is 12.5 Å². The average Bonchev–Trinajstić information content (AvgIpc) is 2.74. The number of nitrogens with zero attached hydrogens (tertiary/aromatic N) is 1. The van der Waals surface area contributed by atoms with Crippen molar-refractivity contribution in [2.24, 2.45) is 0 Å². The van der Waals surface area contributed by atoms with Crippen molar-refractivity contribution in [1.82, 2.24) is 5.32 Å². The van der Waals surface area contributed by atoms with Crippen molar-refractivity contribution in [3.8, 4) is 5.75 Å². The molecule has 4 nitrogen and oxygen atoms in total. The van der Waals surface area contributed by atoms with Crippen LogP contribution in [0.5, 0.6) is 5.75 Å². The number of ether oxygens (including phenoxy) is 1. The van der Waals surface area contributed by atoms with E-state index in [4.69, 9.17) is 4.74 Å². The molecule has 2 heterocycles. The molecule has 2 unspecified atom stereocenters. The highest BCUT2D eigenvalue weighted by molar-refractivity contribution is 5.98. The van der Waals surface area contributed by atoms with Crippen LogP contribution in [0, 0.1) is 0 Å². The Hall–Kier alpha value is -1.55. The van der Waals surface area contributed by atoms with Gasteiger partial charge in [-0.1, -0.05) is 12.1 Å². The Morgan fingerprint density at radius 1 is 1.39 bits per heavy atom. The number of hydrogen-bond acceptors (Lipinski definition) is 3. The second kappa shape index (κ2) is 4.61. The molecule has 4 heteroatoms. The lowest BCUT2D eigenvalue weighted by molar-refractivity contribution is -0.117. The van der Waals surface area contributed by atoms with Crippen LogP contribution in [0.25, 0.3) is 0 Å². The van der Waals surface area contributed by atoms with Gasteiger partial charge in [0.05, 0.1) is 18.8 Å². The highest BCUT2D eigenvalue weighted by atomic mass is 16.5. The molecule has 1 N–H and O–H groups in total. The van der Waals surface area contributed by atoms with Crippen molar-refractivity contribution in [3.63, 3.8) is 0 Å². The first kappa shape index (κ1) is 11.5. The SMILES string of the molecule is COc1ccccc1N1C(=O)CC2NCCCC21. The minimum Gasteiger partial charge on any atom is -0.495 e. The lowest BCUT2D eigenvalue weighted by atomic mass is 9.99. The molecule has 1 amide bonds. The Kier molecular flexibility index (Phi) is 2.96. The van der Waals surface area contributed by atoms with Crippen LogP contribution in [0.3, 0.4) is 0 Å². The van der Waals surface area contributed by atoms with Crippen LogP contribution in [0.15, 0.2) is 24.3 Å². The molecule has 0 spiro atoms. The zero-order chi connectivity index (χ0) is 12.5. The van der Waals surface area contributed by atoms with Gasteiger partial charge in [0.25, 0.3) is 0 Å². The summed E-state index contributed by atoms with van der Waals surface area (Å²) in [6.45, 7) is 1.02. The van der Waals surface area contributed by atoms with E-state index in [1.807, 2.05) is 29.2 Å². The summed E-state index contributed by atoms with van der Waals surface area (Å²) in [7, 11) is 1.65. The van der Waals surface area contributed by atoms with E-state index in [9.17, 15) is 4.79 Å². The van der Waals surface area contributed by atoms with Gasteiger partial charge in [-0.05, 0) is 31.5 Å². The first-order valence-corrected chi connectivity index (χ1v) is 6.49. The van der Waals surface area contributed by atoms with Crippen molar-refractivity contribution in [2.75, 3.05) is 18.6 Å². The quantitative estimate of drug-likeness (QED) is 0.861. The van der Waals surface area contributed by atoms with Crippen LogP contribution in [-0.4, -0.2) is 31.6 Å². The number of rotatable bonds is 2. The van der Waals surface area contributed by atoms with E-state index in [2.05, 4.69) is 5.32 Å². The van der Waals surface area contributed by atoms with Crippen molar-refractivity contribution in [1.29, 1.82) is 0 Å². The molecule has 1 aromatic carbocycles. The lowest BCUT2D eigenvalue weighted by Gasteiger charge is -2.32. The maximum atomic E-state index is 12.2. The predicted octanol–water partition coefficient (Wildman–Crippen LogP) is 1.55. The van der Waals surface area contributed by atoms with E-state index in [0.717, 1.165) is 30.8 Å². The summed E-state index contributed by atoms with van der Waals surface area (Å²) >= 11 is 0. The molecule has 0 radical (unpaired) electrons. The van der Waals surface area contributed by atoms with E-state index < -0.39 is 0 Å². The minimum absolute atomic E-state index is 0.198. The molecule has 2 fully saturated rings. The number of carbonyl (C=O) groups is 1. The van der Waals surface area contributed by atoms with Crippen LogP contribution in [0.1, 0.15) is 19.3 Å². The molecule has 2 aliphatic rings. The molecule has 1 aromatic rings. The maximum Gasteiger partial charge on any atom is 0.229 e. The molecule has 96 valence electrons. The standard InChI is InChI=1S/C14H18N2O2/c1-18-13-7-3-2-5-12(13)16-11-6-4-8-15-10(11)9-14(16)17/h2-3,5,7,10-11,15H,4,6,8-9H2,1H3. The van der Waals surface area contributed by atoms with Crippen molar-refractivity contribution < 1.29 is 9.53 Å². The van der Waals surface area contributed by atoms with Crippen molar-refractivity contribution in [2.45, 2.75) is 31.3 Å². The Labute approximate surface area is 107 Å². The van der Waals surface area contributed by atoms with Crippen LogP contribution in [-0.2, 0) is 4.79 Å². The molecule has 0 saturated carbocycles. The largest absolute Gasteiger partial charge is 0.495 e. The van der Waals surface area contributed by atoms with Gasteiger partial charge in [0.1, 0.15) is 5.75 Å². The fourth-order valence-corrected chi connectivity index (χ4v) is 3.07. The number of anilines is 1. The summed E-state index contributed by atoms with van der Waals surface area (Å²) < 4.78 is 5.37. The number of piperidine rings is 1. The highest BCUT2D eigenvalue weighted by Gasteiger charge is 2.42. The fourth-order valence-electron chi connectivity index (χ4n) is 3.07. The van der Waals surface area contributed by atoms with Gasteiger partial charge < -0.3 is 15.0 Å². The summed E-state index contributed by atoms with van der Waals surface area (Å²) in [6, 6.07) is 8.34. The third-order valence-corrected chi connectivity index (χ3v) is 3.89. The minimum atomic E-state index is 0.198. The second-order valence-electron chi connectivity index (χ2n) is 4.91. The van der Waals surface area contributed by atoms with Gasteiger partial charge in [0.15, 0.2) is 0 Å². The number of nitrogens with one attached hydrogen (secondary N) is 1. The number of hydrogen-bond donors (Lipinski definition) is 1. The van der Waals surface area contributed by atoms with E-state index in [-0.39, 0.29) is 11.9 Å². The van der Waals surface area contributed by atoms with E-state index in [1.54, 1.807) is 7.11 Å². The van der Waals surface area contributed by atoms with Crippen LogP contribution >= 0.6 is 0 Å². The number of methoxy groups -OCH3 is 1. The Balaban J connectivity index is 1.97. The first-order valence-electron chi connectivity index (χ1n) is 6.49. The summed E-state index contributed by atoms with van der Waals surface area (Å²) in [5, 5.41) is 3.45. The maximum absolute atomic E-state index is 12.2. The van der Waals surface area contributed by atoms with Gasteiger partial charge in [-0.25, -0.2) is 0 Å². The topological polar surface area (TPSA) is 41.6 Å². The summed E-state index contributed by atoms with van der Waals surface area (Å²) in [6.07, 6.45) is 2.80. The summed E-state index contributed by atoms with van der Waals surface area (Å²) in [4.78, 5) is 14.2. The number of amides is 1. The van der Waals surface area contributed by atoms with Gasteiger partial charge in [-0.15, -0.1) is 0 Å².